The topological polar surface area (TPSA) is 69.2 Å². The maximum absolute atomic E-state index is 12.2. The number of fused-ring (bicyclic) bond motifs is 1. The second kappa shape index (κ2) is 4.02. The number of carboxylic acids is 1. The molecule has 2 N–H and O–H groups in total. The van der Waals surface area contributed by atoms with Crippen molar-refractivity contribution in [2.45, 2.75) is 19.1 Å². The minimum absolute atomic E-state index is 0.0507. The van der Waals surface area contributed by atoms with Crippen LogP contribution in [-0.4, -0.2) is 45.4 Å². The first-order chi connectivity index (χ1) is 7.87. The zero-order chi connectivity index (χ0) is 12.6. The molecule has 17 heavy (non-hydrogen) atoms. The monoisotopic (exact) mass is 249 g/mol. The van der Waals surface area contributed by atoms with Gasteiger partial charge in [-0.05, 0) is 6.42 Å². The predicted octanol–water partition coefficient (Wildman–Crippen LogP) is 1.03. The molecule has 5 nitrogen and oxygen atoms in total. The van der Waals surface area contributed by atoms with Gasteiger partial charge in [-0.15, -0.1) is 0 Å². The summed E-state index contributed by atoms with van der Waals surface area (Å²) in [7, 11) is 0. The number of nitrogens with zero attached hydrogens (tertiary/aromatic N) is 2. The Kier molecular flexibility index (Phi) is 2.82. The molecule has 0 fully saturated rings. The summed E-state index contributed by atoms with van der Waals surface area (Å²) >= 11 is 0. The molecule has 1 aromatic rings. The number of rotatable bonds is 2. The van der Waals surface area contributed by atoms with Crippen molar-refractivity contribution < 1.29 is 23.1 Å². The fraction of sp³-hybridized carbons (Fsp3) is 0.556. The van der Waals surface area contributed by atoms with Gasteiger partial charge in [-0.2, -0.15) is 18.3 Å². The van der Waals surface area contributed by atoms with Crippen LogP contribution < -0.4 is 0 Å². The standard InChI is InChI=1S/C9H10F3N3O2/c10-9(11,12)4-15-2-1-5-6(3-15)13-14-7(5)8(16)17/h1-4H2,(H,13,14)(H,16,17). The Hall–Kier alpha value is -1.57. The lowest BCUT2D eigenvalue weighted by molar-refractivity contribution is -0.147. The summed E-state index contributed by atoms with van der Waals surface area (Å²) in [5, 5.41) is 14.9. The van der Waals surface area contributed by atoms with Crippen molar-refractivity contribution in [3.63, 3.8) is 0 Å². The summed E-state index contributed by atoms with van der Waals surface area (Å²) in [5.74, 6) is -1.16. The minimum Gasteiger partial charge on any atom is -0.476 e. The van der Waals surface area contributed by atoms with Crippen molar-refractivity contribution in [3.8, 4) is 0 Å². The van der Waals surface area contributed by atoms with Crippen LogP contribution in [0.5, 0.6) is 0 Å². The highest BCUT2D eigenvalue weighted by molar-refractivity contribution is 5.87. The molecule has 0 unspecified atom stereocenters. The van der Waals surface area contributed by atoms with E-state index in [4.69, 9.17) is 5.11 Å². The van der Waals surface area contributed by atoms with Crippen molar-refractivity contribution in [1.29, 1.82) is 0 Å². The molecule has 2 heterocycles. The number of halogens is 3. The maximum Gasteiger partial charge on any atom is 0.401 e. The summed E-state index contributed by atoms with van der Waals surface area (Å²) in [6.07, 6.45) is -3.98. The number of aromatic nitrogens is 2. The molecule has 0 amide bonds. The molecule has 8 heteroatoms. The van der Waals surface area contributed by atoms with E-state index < -0.39 is 18.7 Å². The summed E-state index contributed by atoms with van der Waals surface area (Å²) in [5.41, 5.74) is 0.875. The van der Waals surface area contributed by atoms with Crippen LogP contribution in [0.25, 0.3) is 0 Å². The van der Waals surface area contributed by atoms with Crippen molar-refractivity contribution in [2.75, 3.05) is 13.1 Å². The van der Waals surface area contributed by atoms with E-state index in [0.717, 1.165) is 0 Å². The molecular weight excluding hydrogens is 239 g/mol. The van der Waals surface area contributed by atoms with Gasteiger partial charge >= 0.3 is 12.1 Å². The Bertz CT molecular complexity index is 441. The van der Waals surface area contributed by atoms with E-state index in [2.05, 4.69) is 10.2 Å². The highest BCUT2D eigenvalue weighted by atomic mass is 19.4. The number of H-pyrrole nitrogens is 1. The lowest BCUT2D eigenvalue weighted by atomic mass is 10.0. The van der Waals surface area contributed by atoms with Crippen LogP contribution in [0.1, 0.15) is 21.7 Å². The predicted molar refractivity (Wildman–Crippen MR) is 50.6 cm³/mol. The molecule has 0 bridgehead atoms. The van der Waals surface area contributed by atoms with Crippen molar-refractivity contribution >= 4 is 5.97 Å². The zero-order valence-corrected chi connectivity index (χ0v) is 8.71. The van der Waals surface area contributed by atoms with Gasteiger partial charge in [-0.1, -0.05) is 0 Å². The quantitative estimate of drug-likeness (QED) is 0.821. The maximum atomic E-state index is 12.2. The molecule has 1 aromatic heterocycles. The van der Waals surface area contributed by atoms with Crippen LogP contribution in [0.15, 0.2) is 0 Å². The van der Waals surface area contributed by atoms with E-state index in [1.165, 1.54) is 4.90 Å². The number of hydrogen-bond acceptors (Lipinski definition) is 3. The molecule has 1 aliphatic heterocycles. The van der Waals surface area contributed by atoms with Gasteiger partial charge in [0.15, 0.2) is 5.69 Å². The number of nitrogens with one attached hydrogen (secondary N) is 1. The van der Waals surface area contributed by atoms with Gasteiger partial charge in [0.2, 0.25) is 0 Å². The third-order valence-corrected chi connectivity index (χ3v) is 2.62. The molecule has 2 rings (SSSR count). The van der Waals surface area contributed by atoms with Crippen LogP contribution in [0.2, 0.25) is 0 Å². The highest BCUT2D eigenvalue weighted by Crippen LogP contribution is 2.24. The van der Waals surface area contributed by atoms with Gasteiger partial charge in [0, 0.05) is 18.7 Å². The SMILES string of the molecule is O=C(O)c1n[nH]c2c1CCN(CC(F)(F)F)C2. The van der Waals surface area contributed by atoms with Crippen LogP contribution in [0.4, 0.5) is 13.2 Å². The molecule has 0 saturated carbocycles. The van der Waals surface area contributed by atoms with Crippen molar-refractivity contribution in [2.24, 2.45) is 0 Å². The van der Waals surface area contributed by atoms with E-state index in [-0.39, 0.29) is 25.2 Å². The molecule has 0 saturated heterocycles. The summed E-state index contributed by atoms with van der Waals surface area (Å²) in [6.45, 7) is -0.755. The van der Waals surface area contributed by atoms with E-state index in [0.29, 0.717) is 11.3 Å². The van der Waals surface area contributed by atoms with Gasteiger partial charge in [0.1, 0.15) is 0 Å². The van der Waals surface area contributed by atoms with Crippen molar-refractivity contribution in [1.82, 2.24) is 15.1 Å². The van der Waals surface area contributed by atoms with E-state index in [1.54, 1.807) is 0 Å². The minimum atomic E-state index is -4.24. The average molecular weight is 249 g/mol. The van der Waals surface area contributed by atoms with Crippen LogP contribution in [-0.2, 0) is 13.0 Å². The smallest absolute Gasteiger partial charge is 0.401 e. The Morgan fingerprint density at radius 3 is 2.82 bits per heavy atom. The summed E-state index contributed by atoms with van der Waals surface area (Å²) < 4.78 is 36.6. The number of aromatic carboxylic acids is 1. The molecule has 0 aliphatic carbocycles. The van der Waals surface area contributed by atoms with Crippen LogP contribution in [0, 0.1) is 0 Å². The number of carbonyl (C=O) groups is 1. The summed E-state index contributed by atoms with van der Waals surface area (Å²) in [4.78, 5) is 12.0. The molecule has 0 atom stereocenters. The second-order valence-electron chi connectivity index (χ2n) is 3.91. The van der Waals surface area contributed by atoms with Gasteiger partial charge in [0.05, 0.1) is 12.2 Å². The fourth-order valence-corrected chi connectivity index (χ4v) is 1.94. The highest BCUT2D eigenvalue weighted by Gasteiger charge is 2.33. The first kappa shape index (κ1) is 11.9. The van der Waals surface area contributed by atoms with E-state index in [9.17, 15) is 18.0 Å². The fourth-order valence-electron chi connectivity index (χ4n) is 1.94. The average Bonchev–Trinajstić information content (AvgIpc) is 2.57. The molecule has 1 aliphatic rings. The number of hydrogen-bond donors (Lipinski definition) is 2. The largest absolute Gasteiger partial charge is 0.476 e. The molecular formula is C9H10F3N3O2. The Balaban J connectivity index is 2.13. The van der Waals surface area contributed by atoms with Crippen LogP contribution in [0.3, 0.4) is 0 Å². The summed E-state index contributed by atoms with van der Waals surface area (Å²) in [6, 6.07) is 0. The first-order valence-electron chi connectivity index (χ1n) is 4.95. The van der Waals surface area contributed by atoms with Crippen molar-refractivity contribution in [3.05, 3.63) is 17.0 Å². The lowest BCUT2D eigenvalue weighted by Crippen LogP contribution is -2.38. The molecule has 0 radical (unpaired) electrons. The third-order valence-electron chi connectivity index (χ3n) is 2.62. The van der Waals surface area contributed by atoms with Gasteiger partial charge in [-0.3, -0.25) is 10.00 Å². The normalized spacial score (nSPS) is 16.9. The molecule has 0 aromatic carbocycles. The van der Waals surface area contributed by atoms with Crippen LogP contribution >= 0.6 is 0 Å². The van der Waals surface area contributed by atoms with Gasteiger partial charge in [-0.25, -0.2) is 4.79 Å². The molecule has 0 spiro atoms. The zero-order valence-electron chi connectivity index (χ0n) is 8.71. The van der Waals surface area contributed by atoms with E-state index in [1.807, 2.05) is 0 Å². The first-order valence-corrected chi connectivity index (χ1v) is 4.95. The van der Waals surface area contributed by atoms with Gasteiger partial charge in [0.25, 0.3) is 0 Å². The molecule has 94 valence electrons. The van der Waals surface area contributed by atoms with Gasteiger partial charge < -0.3 is 5.11 Å². The Morgan fingerprint density at radius 2 is 2.24 bits per heavy atom. The number of alkyl halides is 3. The third kappa shape index (κ3) is 2.57. The number of carboxylic acid groups (broad SMARTS) is 1. The van der Waals surface area contributed by atoms with E-state index >= 15 is 0 Å². The lowest BCUT2D eigenvalue weighted by Gasteiger charge is -2.27. The Morgan fingerprint density at radius 1 is 1.53 bits per heavy atom. The Labute approximate surface area is 94.2 Å². The number of aromatic amines is 1. The second-order valence-corrected chi connectivity index (χ2v) is 3.91.